The Labute approximate surface area is 84.8 Å². The summed E-state index contributed by atoms with van der Waals surface area (Å²) in [5.41, 5.74) is 0.817. The van der Waals surface area contributed by atoms with Crippen molar-refractivity contribution in [2.24, 2.45) is 11.1 Å². The van der Waals surface area contributed by atoms with E-state index in [0.717, 1.165) is 12.1 Å². The number of hydrogen-bond donors (Lipinski definition) is 0. The third kappa shape index (κ3) is 4.60. The first kappa shape index (κ1) is 10.7. The first-order valence-electron chi connectivity index (χ1n) is 4.85. The summed E-state index contributed by atoms with van der Waals surface area (Å²) < 4.78 is 0. The Morgan fingerprint density at radius 3 is 3.00 bits per heavy atom. The fourth-order valence-electron chi connectivity index (χ4n) is 0.885. The molecule has 3 nitrogen and oxygen atoms in total. The molecule has 0 aliphatic heterocycles. The Bertz CT molecular complexity index is 270. The zero-order valence-electron chi connectivity index (χ0n) is 8.68. The van der Waals surface area contributed by atoms with E-state index >= 15 is 0 Å². The maximum Gasteiger partial charge on any atom is 0.117 e. The maximum atomic E-state index is 5.08. The fourth-order valence-corrected chi connectivity index (χ4v) is 0.885. The van der Waals surface area contributed by atoms with Gasteiger partial charge in [-0.2, -0.15) is 0 Å². The molecule has 0 spiro atoms. The quantitative estimate of drug-likeness (QED) is 0.408. The van der Waals surface area contributed by atoms with Gasteiger partial charge in [0.25, 0.3) is 0 Å². The first-order chi connectivity index (χ1) is 6.79. The standard InChI is InChI=1S/C11H16N2O/c1-10(2)6-8-14-13-9-11-5-3-4-7-12-11/h3-5,7,9-10H,6,8H2,1-2H3/b13-9+. The second kappa shape index (κ2) is 6.13. The van der Waals surface area contributed by atoms with Crippen molar-refractivity contribution in [3.8, 4) is 0 Å². The summed E-state index contributed by atoms with van der Waals surface area (Å²) in [6.07, 6.45) is 4.38. The SMILES string of the molecule is CC(C)CCO/N=C/c1ccccn1. The number of oxime groups is 1. The van der Waals surface area contributed by atoms with Gasteiger partial charge in [0, 0.05) is 6.20 Å². The normalized spacial score (nSPS) is 11.1. The number of hydrogen-bond acceptors (Lipinski definition) is 3. The van der Waals surface area contributed by atoms with E-state index < -0.39 is 0 Å². The molecule has 0 saturated carbocycles. The molecule has 0 unspecified atom stereocenters. The van der Waals surface area contributed by atoms with Gasteiger partial charge in [0.15, 0.2) is 0 Å². The molecule has 1 aromatic rings. The van der Waals surface area contributed by atoms with Crippen molar-refractivity contribution in [1.29, 1.82) is 0 Å². The molecular weight excluding hydrogens is 176 g/mol. The molecule has 3 heteroatoms. The lowest BCUT2D eigenvalue weighted by Gasteiger charge is -2.01. The molecule has 0 amide bonds. The number of aromatic nitrogens is 1. The molecular formula is C11H16N2O. The predicted molar refractivity (Wildman–Crippen MR) is 57.2 cm³/mol. The van der Waals surface area contributed by atoms with Crippen LogP contribution in [0.4, 0.5) is 0 Å². The van der Waals surface area contributed by atoms with Gasteiger partial charge < -0.3 is 4.84 Å². The van der Waals surface area contributed by atoms with Crippen molar-refractivity contribution in [1.82, 2.24) is 4.98 Å². The van der Waals surface area contributed by atoms with Crippen LogP contribution in [0, 0.1) is 5.92 Å². The van der Waals surface area contributed by atoms with Gasteiger partial charge in [-0.05, 0) is 24.5 Å². The van der Waals surface area contributed by atoms with Crippen LogP contribution in [0.25, 0.3) is 0 Å². The molecule has 0 aliphatic carbocycles. The van der Waals surface area contributed by atoms with E-state index in [1.165, 1.54) is 0 Å². The first-order valence-corrected chi connectivity index (χ1v) is 4.85. The monoisotopic (exact) mass is 192 g/mol. The van der Waals surface area contributed by atoms with Crippen LogP contribution in [0.1, 0.15) is 26.0 Å². The minimum Gasteiger partial charge on any atom is -0.396 e. The van der Waals surface area contributed by atoms with Gasteiger partial charge in [-0.3, -0.25) is 4.98 Å². The Morgan fingerprint density at radius 2 is 2.36 bits per heavy atom. The van der Waals surface area contributed by atoms with Crippen LogP contribution in [-0.4, -0.2) is 17.8 Å². The average Bonchev–Trinajstić information content (AvgIpc) is 2.18. The Hall–Kier alpha value is -1.38. The Balaban J connectivity index is 2.21. The third-order valence-corrected chi connectivity index (χ3v) is 1.73. The summed E-state index contributed by atoms with van der Waals surface area (Å²) in [6.45, 7) is 4.98. The van der Waals surface area contributed by atoms with Crippen LogP contribution in [0.5, 0.6) is 0 Å². The lowest BCUT2D eigenvalue weighted by atomic mass is 10.1. The van der Waals surface area contributed by atoms with Crippen LogP contribution in [0.3, 0.4) is 0 Å². The van der Waals surface area contributed by atoms with Crippen molar-refractivity contribution in [2.45, 2.75) is 20.3 Å². The summed E-state index contributed by atoms with van der Waals surface area (Å²) in [5, 5.41) is 3.83. The molecule has 14 heavy (non-hydrogen) atoms. The summed E-state index contributed by atoms with van der Waals surface area (Å²) in [5.74, 6) is 0.653. The summed E-state index contributed by atoms with van der Waals surface area (Å²) in [6, 6.07) is 5.68. The van der Waals surface area contributed by atoms with E-state index in [1.54, 1.807) is 12.4 Å². The molecule has 0 aromatic carbocycles. The molecule has 1 aromatic heterocycles. The van der Waals surface area contributed by atoms with Crippen LogP contribution in [0.15, 0.2) is 29.6 Å². The smallest absolute Gasteiger partial charge is 0.117 e. The van der Waals surface area contributed by atoms with Crippen molar-refractivity contribution in [3.05, 3.63) is 30.1 Å². The molecule has 0 atom stereocenters. The average molecular weight is 192 g/mol. The van der Waals surface area contributed by atoms with E-state index in [2.05, 4.69) is 24.0 Å². The molecule has 76 valence electrons. The highest BCUT2D eigenvalue weighted by Crippen LogP contribution is 1.98. The fraction of sp³-hybridized carbons (Fsp3) is 0.455. The van der Waals surface area contributed by atoms with Gasteiger partial charge in [0.05, 0.1) is 11.9 Å². The highest BCUT2D eigenvalue weighted by Gasteiger charge is 1.92. The molecule has 1 rings (SSSR count). The zero-order valence-corrected chi connectivity index (χ0v) is 8.68. The van der Waals surface area contributed by atoms with Crippen molar-refractivity contribution in [3.63, 3.8) is 0 Å². The second-order valence-electron chi connectivity index (χ2n) is 3.50. The minimum absolute atomic E-state index is 0.653. The van der Waals surface area contributed by atoms with Gasteiger partial charge in [-0.1, -0.05) is 25.1 Å². The molecule has 0 fully saturated rings. The Morgan fingerprint density at radius 1 is 1.50 bits per heavy atom. The van der Waals surface area contributed by atoms with Gasteiger partial charge >= 0.3 is 0 Å². The lowest BCUT2D eigenvalue weighted by Crippen LogP contribution is -1.95. The zero-order chi connectivity index (χ0) is 10.2. The number of rotatable bonds is 5. The van der Waals surface area contributed by atoms with E-state index in [0.29, 0.717) is 12.5 Å². The van der Waals surface area contributed by atoms with Crippen LogP contribution < -0.4 is 0 Å². The van der Waals surface area contributed by atoms with Crippen molar-refractivity contribution < 1.29 is 4.84 Å². The summed E-state index contributed by atoms with van der Waals surface area (Å²) >= 11 is 0. The summed E-state index contributed by atoms with van der Waals surface area (Å²) in [7, 11) is 0. The molecule has 0 saturated heterocycles. The van der Waals surface area contributed by atoms with Crippen molar-refractivity contribution >= 4 is 6.21 Å². The summed E-state index contributed by atoms with van der Waals surface area (Å²) in [4.78, 5) is 9.16. The Kier molecular flexibility index (Phi) is 4.69. The molecule has 0 radical (unpaired) electrons. The molecule has 0 aliphatic rings. The van der Waals surface area contributed by atoms with E-state index in [1.807, 2.05) is 18.2 Å². The topological polar surface area (TPSA) is 34.5 Å². The van der Waals surface area contributed by atoms with Gasteiger partial charge in [-0.25, -0.2) is 0 Å². The van der Waals surface area contributed by atoms with E-state index in [4.69, 9.17) is 4.84 Å². The lowest BCUT2D eigenvalue weighted by molar-refractivity contribution is 0.134. The van der Waals surface area contributed by atoms with Crippen LogP contribution in [-0.2, 0) is 4.84 Å². The highest BCUT2D eigenvalue weighted by molar-refractivity contribution is 5.76. The molecule has 1 heterocycles. The second-order valence-corrected chi connectivity index (χ2v) is 3.50. The van der Waals surface area contributed by atoms with E-state index in [-0.39, 0.29) is 0 Å². The predicted octanol–water partition coefficient (Wildman–Crippen LogP) is 2.48. The van der Waals surface area contributed by atoms with Crippen LogP contribution >= 0.6 is 0 Å². The molecule has 0 N–H and O–H groups in total. The van der Waals surface area contributed by atoms with Crippen LogP contribution in [0.2, 0.25) is 0 Å². The van der Waals surface area contributed by atoms with Crippen molar-refractivity contribution in [2.75, 3.05) is 6.61 Å². The maximum absolute atomic E-state index is 5.08. The van der Waals surface area contributed by atoms with Gasteiger partial charge in [-0.15, -0.1) is 0 Å². The largest absolute Gasteiger partial charge is 0.396 e. The highest BCUT2D eigenvalue weighted by atomic mass is 16.6. The van der Waals surface area contributed by atoms with E-state index in [9.17, 15) is 0 Å². The van der Waals surface area contributed by atoms with Gasteiger partial charge in [0.2, 0.25) is 0 Å². The number of nitrogens with zero attached hydrogens (tertiary/aromatic N) is 2. The third-order valence-electron chi connectivity index (χ3n) is 1.73. The minimum atomic E-state index is 0.653. The molecule has 0 bridgehead atoms. The number of pyridine rings is 1. The van der Waals surface area contributed by atoms with Gasteiger partial charge in [0.1, 0.15) is 6.61 Å².